The lowest BCUT2D eigenvalue weighted by Crippen LogP contribution is -2.16. The minimum atomic E-state index is -4.54. The molecular formula is C21H16F4N2O. The number of anilines is 1. The zero-order chi connectivity index (χ0) is 20.3. The van der Waals surface area contributed by atoms with Crippen molar-refractivity contribution in [1.29, 1.82) is 0 Å². The number of carbonyl (C=O) groups is 1. The average molecular weight is 388 g/mol. The van der Waals surface area contributed by atoms with E-state index < -0.39 is 23.5 Å². The van der Waals surface area contributed by atoms with Crippen LogP contribution in [0, 0.1) is 12.7 Å². The van der Waals surface area contributed by atoms with Crippen molar-refractivity contribution in [3.63, 3.8) is 0 Å². The van der Waals surface area contributed by atoms with Gasteiger partial charge >= 0.3 is 6.18 Å². The first kappa shape index (κ1) is 19.5. The number of hydrogen-bond donors (Lipinski definition) is 1. The molecule has 1 N–H and O–H groups in total. The SMILES string of the molecule is Cc1cc(F)ccc1Cc1cc(C(F)(F)F)ccc1C(=O)Nc1cccnc1. The Hall–Kier alpha value is -3.22. The third-order valence-electron chi connectivity index (χ3n) is 4.28. The number of aromatic nitrogens is 1. The predicted octanol–water partition coefficient (Wildman–Crippen LogP) is 5.39. The highest BCUT2D eigenvalue weighted by molar-refractivity contribution is 6.05. The minimum Gasteiger partial charge on any atom is -0.321 e. The van der Waals surface area contributed by atoms with Crippen LogP contribution in [0.2, 0.25) is 0 Å². The Morgan fingerprint density at radius 3 is 2.50 bits per heavy atom. The van der Waals surface area contributed by atoms with Gasteiger partial charge in [-0.25, -0.2) is 4.39 Å². The monoisotopic (exact) mass is 388 g/mol. The van der Waals surface area contributed by atoms with E-state index >= 15 is 0 Å². The van der Waals surface area contributed by atoms with Crippen molar-refractivity contribution in [1.82, 2.24) is 4.98 Å². The number of halogens is 4. The first-order valence-electron chi connectivity index (χ1n) is 8.40. The van der Waals surface area contributed by atoms with Crippen molar-refractivity contribution in [3.8, 4) is 0 Å². The van der Waals surface area contributed by atoms with Crippen LogP contribution in [0.1, 0.15) is 32.6 Å². The van der Waals surface area contributed by atoms with Gasteiger partial charge in [0.05, 0.1) is 17.4 Å². The zero-order valence-corrected chi connectivity index (χ0v) is 14.8. The average Bonchev–Trinajstić information content (AvgIpc) is 2.64. The second-order valence-corrected chi connectivity index (χ2v) is 6.31. The standard InChI is InChI=1S/C21H16F4N2O/c1-13-9-17(22)6-4-14(13)10-15-11-16(21(23,24)25)5-7-19(15)20(28)27-18-3-2-8-26-12-18/h2-9,11-12H,10H2,1H3,(H,27,28). The van der Waals surface area contributed by atoms with Crippen molar-refractivity contribution in [2.24, 2.45) is 0 Å². The lowest BCUT2D eigenvalue weighted by molar-refractivity contribution is -0.137. The summed E-state index contributed by atoms with van der Waals surface area (Å²) in [5, 5.41) is 2.62. The Morgan fingerprint density at radius 1 is 1.07 bits per heavy atom. The predicted molar refractivity (Wildman–Crippen MR) is 97.6 cm³/mol. The molecule has 3 aromatic rings. The van der Waals surface area contributed by atoms with E-state index in [0.717, 1.165) is 18.2 Å². The Labute approximate surface area is 159 Å². The molecule has 0 bridgehead atoms. The highest BCUT2D eigenvalue weighted by Crippen LogP contribution is 2.32. The maximum absolute atomic E-state index is 13.3. The van der Waals surface area contributed by atoms with Crippen molar-refractivity contribution < 1.29 is 22.4 Å². The van der Waals surface area contributed by atoms with Crippen molar-refractivity contribution in [2.75, 3.05) is 5.32 Å². The summed E-state index contributed by atoms with van der Waals surface area (Å²) in [7, 11) is 0. The summed E-state index contributed by atoms with van der Waals surface area (Å²) in [6.07, 6.45) is -1.50. The largest absolute Gasteiger partial charge is 0.416 e. The van der Waals surface area contributed by atoms with E-state index in [2.05, 4.69) is 10.3 Å². The Bertz CT molecular complexity index is 1000. The summed E-state index contributed by atoms with van der Waals surface area (Å²) < 4.78 is 52.8. The van der Waals surface area contributed by atoms with Gasteiger partial charge in [0.25, 0.3) is 5.91 Å². The highest BCUT2D eigenvalue weighted by atomic mass is 19.4. The molecule has 1 aromatic heterocycles. The molecule has 0 aliphatic heterocycles. The van der Waals surface area contributed by atoms with Gasteiger partial charge in [-0.05, 0) is 72.5 Å². The maximum Gasteiger partial charge on any atom is 0.416 e. The molecule has 0 aliphatic carbocycles. The van der Waals surface area contributed by atoms with Crippen LogP contribution in [0.25, 0.3) is 0 Å². The normalized spacial score (nSPS) is 11.3. The summed E-state index contributed by atoms with van der Waals surface area (Å²) in [5.74, 6) is -0.976. The smallest absolute Gasteiger partial charge is 0.321 e. The van der Waals surface area contributed by atoms with E-state index in [9.17, 15) is 22.4 Å². The highest BCUT2D eigenvalue weighted by Gasteiger charge is 2.31. The van der Waals surface area contributed by atoms with E-state index in [-0.39, 0.29) is 17.5 Å². The molecule has 0 unspecified atom stereocenters. The van der Waals surface area contributed by atoms with Crippen LogP contribution < -0.4 is 5.32 Å². The molecule has 3 nitrogen and oxygen atoms in total. The first-order chi connectivity index (χ1) is 13.2. The molecule has 0 saturated heterocycles. The van der Waals surface area contributed by atoms with Crippen LogP contribution in [0.3, 0.4) is 0 Å². The fourth-order valence-corrected chi connectivity index (χ4v) is 2.84. The van der Waals surface area contributed by atoms with E-state index in [0.29, 0.717) is 16.8 Å². The Balaban J connectivity index is 2.00. The number of alkyl halides is 3. The van der Waals surface area contributed by atoms with Crippen molar-refractivity contribution >= 4 is 11.6 Å². The minimum absolute atomic E-state index is 0.0613. The number of rotatable bonds is 4. The van der Waals surface area contributed by atoms with E-state index in [1.807, 2.05) is 0 Å². The molecule has 0 radical (unpaired) electrons. The summed E-state index contributed by atoms with van der Waals surface area (Å²) >= 11 is 0. The number of nitrogens with zero attached hydrogens (tertiary/aromatic N) is 1. The maximum atomic E-state index is 13.3. The van der Waals surface area contributed by atoms with Crippen LogP contribution in [0.15, 0.2) is 60.9 Å². The van der Waals surface area contributed by atoms with Crippen LogP contribution >= 0.6 is 0 Å². The van der Waals surface area contributed by atoms with E-state index in [1.165, 1.54) is 30.6 Å². The lowest BCUT2D eigenvalue weighted by Gasteiger charge is -2.15. The van der Waals surface area contributed by atoms with E-state index in [1.54, 1.807) is 19.1 Å². The molecule has 7 heteroatoms. The number of nitrogens with one attached hydrogen (secondary N) is 1. The Kier molecular flexibility index (Phi) is 5.44. The molecule has 0 fully saturated rings. The van der Waals surface area contributed by atoms with Gasteiger partial charge in [-0.2, -0.15) is 13.2 Å². The van der Waals surface area contributed by atoms with Crippen LogP contribution in [0.5, 0.6) is 0 Å². The number of carbonyl (C=O) groups excluding carboxylic acids is 1. The molecule has 1 heterocycles. The number of amides is 1. The van der Waals surface area contributed by atoms with Gasteiger partial charge in [-0.15, -0.1) is 0 Å². The molecule has 3 rings (SSSR count). The van der Waals surface area contributed by atoms with Crippen LogP contribution in [-0.2, 0) is 12.6 Å². The molecule has 28 heavy (non-hydrogen) atoms. The second kappa shape index (κ2) is 7.80. The van der Waals surface area contributed by atoms with Crippen LogP contribution in [-0.4, -0.2) is 10.9 Å². The number of benzene rings is 2. The fraction of sp³-hybridized carbons (Fsp3) is 0.143. The quantitative estimate of drug-likeness (QED) is 0.609. The van der Waals surface area contributed by atoms with Gasteiger partial charge in [0.1, 0.15) is 5.82 Å². The Morgan fingerprint density at radius 2 is 1.86 bits per heavy atom. The van der Waals surface area contributed by atoms with Gasteiger partial charge in [-0.3, -0.25) is 9.78 Å². The number of aryl methyl sites for hydroxylation is 1. The van der Waals surface area contributed by atoms with Crippen LogP contribution in [0.4, 0.5) is 23.2 Å². The molecular weight excluding hydrogens is 372 g/mol. The summed E-state index contributed by atoms with van der Waals surface area (Å²) in [5.41, 5.74) is 1.12. The summed E-state index contributed by atoms with van der Waals surface area (Å²) in [4.78, 5) is 16.5. The number of hydrogen-bond acceptors (Lipinski definition) is 2. The van der Waals surface area contributed by atoms with Crippen molar-refractivity contribution in [3.05, 3.63) is 94.6 Å². The molecule has 0 spiro atoms. The third-order valence-corrected chi connectivity index (χ3v) is 4.28. The van der Waals surface area contributed by atoms with Gasteiger partial charge in [-0.1, -0.05) is 6.07 Å². The summed E-state index contributed by atoms with van der Waals surface area (Å²) in [6, 6.07) is 10.3. The van der Waals surface area contributed by atoms with Gasteiger partial charge in [0.2, 0.25) is 0 Å². The van der Waals surface area contributed by atoms with Gasteiger partial charge in [0.15, 0.2) is 0 Å². The third kappa shape index (κ3) is 4.54. The topological polar surface area (TPSA) is 42.0 Å². The molecule has 144 valence electrons. The number of pyridine rings is 1. The van der Waals surface area contributed by atoms with Gasteiger partial charge in [0, 0.05) is 11.8 Å². The molecule has 2 aromatic carbocycles. The first-order valence-corrected chi connectivity index (χ1v) is 8.40. The molecule has 0 saturated carbocycles. The second-order valence-electron chi connectivity index (χ2n) is 6.31. The van der Waals surface area contributed by atoms with Gasteiger partial charge < -0.3 is 5.32 Å². The van der Waals surface area contributed by atoms with E-state index in [4.69, 9.17) is 0 Å². The lowest BCUT2D eigenvalue weighted by atomic mass is 9.94. The molecule has 0 atom stereocenters. The fourth-order valence-electron chi connectivity index (χ4n) is 2.84. The zero-order valence-electron chi connectivity index (χ0n) is 14.8. The molecule has 0 aliphatic rings. The summed E-state index contributed by atoms with van der Waals surface area (Å²) in [6.45, 7) is 1.67. The molecule has 1 amide bonds. The van der Waals surface area contributed by atoms with Crippen molar-refractivity contribution in [2.45, 2.75) is 19.5 Å².